The summed E-state index contributed by atoms with van der Waals surface area (Å²) in [7, 11) is 1.92. The Morgan fingerprint density at radius 1 is 1.64 bits per heavy atom. The van der Waals surface area contributed by atoms with E-state index >= 15 is 0 Å². The molecule has 0 rings (SSSR count). The predicted octanol–water partition coefficient (Wildman–Crippen LogP) is 0.148. The highest BCUT2D eigenvalue weighted by atomic mass is 16.1. The van der Waals surface area contributed by atoms with Crippen LogP contribution in [0.4, 0.5) is 0 Å². The van der Waals surface area contributed by atoms with E-state index in [2.05, 4.69) is 12.2 Å². The molecule has 0 aliphatic carbocycles. The van der Waals surface area contributed by atoms with E-state index in [9.17, 15) is 4.79 Å². The summed E-state index contributed by atoms with van der Waals surface area (Å²) in [5, 5.41) is 3.07. The molecule has 0 fully saturated rings. The molecule has 0 bridgehead atoms. The third-order valence-corrected chi connectivity index (χ3v) is 1.66. The van der Waals surface area contributed by atoms with Crippen molar-refractivity contribution in [2.24, 2.45) is 11.7 Å². The van der Waals surface area contributed by atoms with Crippen molar-refractivity contribution in [2.45, 2.75) is 25.8 Å². The average Bonchev–Trinajstić information content (AvgIpc) is 1.87. The van der Waals surface area contributed by atoms with Gasteiger partial charge in [0, 0.05) is 12.5 Å². The lowest BCUT2D eigenvalue weighted by atomic mass is 10.0. The molecule has 2 atom stereocenters. The van der Waals surface area contributed by atoms with E-state index < -0.39 is 0 Å². The number of nitrogens with one attached hydrogen (secondary N) is 1. The Labute approximate surface area is 68.3 Å². The lowest BCUT2D eigenvalue weighted by Crippen LogP contribution is -2.27. The van der Waals surface area contributed by atoms with Gasteiger partial charge in [0.1, 0.15) is 6.29 Å². The number of aldehydes is 1. The molecule has 0 spiro atoms. The van der Waals surface area contributed by atoms with Crippen LogP contribution in [-0.2, 0) is 4.79 Å². The van der Waals surface area contributed by atoms with Gasteiger partial charge in [-0.15, -0.1) is 0 Å². The Morgan fingerprint density at radius 3 is 2.73 bits per heavy atom. The number of rotatable bonds is 6. The Hall–Kier alpha value is -0.410. The van der Waals surface area contributed by atoms with Gasteiger partial charge in [0.05, 0.1) is 0 Å². The van der Waals surface area contributed by atoms with E-state index in [1.54, 1.807) is 0 Å². The van der Waals surface area contributed by atoms with Gasteiger partial charge in [-0.3, -0.25) is 0 Å². The fraction of sp³-hybridized carbons (Fsp3) is 0.875. The second-order valence-corrected chi connectivity index (χ2v) is 3.06. The van der Waals surface area contributed by atoms with Gasteiger partial charge in [-0.05, 0) is 25.9 Å². The van der Waals surface area contributed by atoms with Crippen molar-refractivity contribution in [2.75, 3.05) is 13.6 Å². The van der Waals surface area contributed by atoms with Crippen molar-refractivity contribution in [3.63, 3.8) is 0 Å². The summed E-state index contributed by atoms with van der Waals surface area (Å²) < 4.78 is 0. The zero-order valence-electron chi connectivity index (χ0n) is 7.34. The third kappa shape index (κ3) is 6.01. The summed E-state index contributed by atoms with van der Waals surface area (Å²) in [6, 6.07) is 0.0378. The highest BCUT2D eigenvalue weighted by Gasteiger charge is 2.06. The summed E-state index contributed by atoms with van der Waals surface area (Å²) in [6.45, 7) is 3.09. The van der Waals surface area contributed by atoms with Crippen LogP contribution in [0.2, 0.25) is 0 Å². The normalized spacial score (nSPS) is 15.9. The molecule has 66 valence electrons. The molecule has 11 heavy (non-hydrogen) atoms. The van der Waals surface area contributed by atoms with Crippen LogP contribution < -0.4 is 11.1 Å². The van der Waals surface area contributed by atoms with E-state index in [0.717, 1.165) is 19.3 Å². The van der Waals surface area contributed by atoms with E-state index in [1.165, 1.54) is 0 Å². The lowest BCUT2D eigenvalue weighted by molar-refractivity contribution is -0.108. The zero-order chi connectivity index (χ0) is 8.69. The summed E-state index contributed by atoms with van der Waals surface area (Å²) in [5.74, 6) is 0.551. The fourth-order valence-corrected chi connectivity index (χ4v) is 1.17. The van der Waals surface area contributed by atoms with Gasteiger partial charge in [0.15, 0.2) is 0 Å². The Kier molecular flexibility index (Phi) is 6.07. The smallest absolute Gasteiger partial charge is 0.121 e. The average molecular weight is 158 g/mol. The van der Waals surface area contributed by atoms with E-state index in [-0.39, 0.29) is 6.04 Å². The molecule has 0 aromatic rings. The lowest BCUT2D eigenvalue weighted by Gasteiger charge is -2.14. The van der Waals surface area contributed by atoms with Gasteiger partial charge in [-0.2, -0.15) is 0 Å². The van der Waals surface area contributed by atoms with Gasteiger partial charge in [-0.1, -0.05) is 6.92 Å². The van der Waals surface area contributed by atoms with Crippen molar-refractivity contribution < 1.29 is 4.79 Å². The van der Waals surface area contributed by atoms with E-state index in [4.69, 9.17) is 5.73 Å². The van der Waals surface area contributed by atoms with Gasteiger partial charge in [-0.25, -0.2) is 0 Å². The number of hydrogen-bond acceptors (Lipinski definition) is 3. The highest BCUT2D eigenvalue weighted by molar-refractivity contribution is 5.50. The van der Waals surface area contributed by atoms with Gasteiger partial charge < -0.3 is 15.8 Å². The maximum atomic E-state index is 10.1. The van der Waals surface area contributed by atoms with E-state index in [0.29, 0.717) is 12.3 Å². The van der Waals surface area contributed by atoms with Crippen LogP contribution in [0, 0.1) is 5.92 Å². The highest BCUT2D eigenvalue weighted by Crippen LogP contribution is 2.04. The monoisotopic (exact) mass is 158 g/mol. The Bertz CT molecular complexity index is 106. The summed E-state index contributed by atoms with van der Waals surface area (Å²) in [5.41, 5.74) is 5.66. The molecule has 3 N–H and O–H groups in total. The maximum Gasteiger partial charge on any atom is 0.121 e. The van der Waals surface area contributed by atoms with Crippen molar-refractivity contribution in [3.05, 3.63) is 0 Å². The van der Waals surface area contributed by atoms with Crippen molar-refractivity contribution in [1.29, 1.82) is 0 Å². The molecule has 3 heteroatoms. The van der Waals surface area contributed by atoms with Gasteiger partial charge in [0.25, 0.3) is 0 Å². The molecule has 3 nitrogen and oxygen atoms in total. The molecular formula is C8H18N2O. The van der Waals surface area contributed by atoms with Crippen LogP contribution in [0.25, 0.3) is 0 Å². The number of hydrogen-bond donors (Lipinski definition) is 2. The predicted molar refractivity (Wildman–Crippen MR) is 46.4 cm³/mol. The van der Waals surface area contributed by atoms with Crippen molar-refractivity contribution in [1.82, 2.24) is 5.32 Å². The molecular weight excluding hydrogens is 140 g/mol. The maximum absolute atomic E-state index is 10.1. The third-order valence-electron chi connectivity index (χ3n) is 1.66. The zero-order valence-corrected chi connectivity index (χ0v) is 7.34. The molecule has 0 aliphatic heterocycles. The largest absolute Gasteiger partial charge is 0.327 e. The number of carbonyl (C=O) groups is 1. The van der Waals surface area contributed by atoms with Crippen molar-refractivity contribution >= 4 is 6.29 Å². The summed E-state index contributed by atoms with van der Waals surface area (Å²) >= 11 is 0. The molecule has 0 heterocycles. The Morgan fingerprint density at radius 2 is 2.27 bits per heavy atom. The molecule has 0 saturated heterocycles. The van der Waals surface area contributed by atoms with Crippen LogP contribution in [0.5, 0.6) is 0 Å². The minimum absolute atomic E-state index is 0.0378. The summed E-state index contributed by atoms with van der Waals surface area (Å²) in [4.78, 5) is 10.1. The van der Waals surface area contributed by atoms with Gasteiger partial charge >= 0.3 is 0 Å². The van der Waals surface area contributed by atoms with Crippen LogP contribution in [0.1, 0.15) is 19.8 Å². The fourth-order valence-electron chi connectivity index (χ4n) is 1.17. The molecule has 0 aliphatic rings. The minimum atomic E-state index is 0.0378. The van der Waals surface area contributed by atoms with Crippen LogP contribution in [-0.4, -0.2) is 25.9 Å². The second-order valence-electron chi connectivity index (χ2n) is 3.06. The first-order valence-corrected chi connectivity index (χ1v) is 4.04. The first-order valence-electron chi connectivity index (χ1n) is 4.04. The van der Waals surface area contributed by atoms with E-state index in [1.807, 2.05) is 7.05 Å². The molecule has 0 radical (unpaired) electrons. The first kappa shape index (κ1) is 10.6. The molecule has 0 aromatic heterocycles. The topological polar surface area (TPSA) is 55.1 Å². The van der Waals surface area contributed by atoms with Crippen LogP contribution in [0.3, 0.4) is 0 Å². The molecule has 0 saturated carbocycles. The number of carbonyl (C=O) groups excluding carboxylic acids is 1. The SMILES string of the molecule is CNCC(C)CC(N)CC=O. The summed E-state index contributed by atoms with van der Waals surface area (Å²) in [6.07, 6.45) is 2.28. The second kappa shape index (κ2) is 6.31. The van der Waals surface area contributed by atoms with Gasteiger partial charge in [0.2, 0.25) is 0 Å². The van der Waals surface area contributed by atoms with Crippen LogP contribution in [0.15, 0.2) is 0 Å². The first-order chi connectivity index (χ1) is 5.20. The van der Waals surface area contributed by atoms with Crippen LogP contribution >= 0.6 is 0 Å². The molecule has 0 amide bonds. The number of nitrogens with two attached hydrogens (primary N) is 1. The minimum Gasteiger partial charge on any atom is -0.327 e. The quantitative estimate of drug-likeness (QED) is 0.541. The molecule has 2 unspecified atom stereocenters. The van der Waals surface area contributed by atoms with Crippen molar-refractivity contribution in [3.8, 4) is 0 Å². The standard InChI is InChI=1S/C8H18N2O/c1-7(6-10-2)5-8(9)3-4-11/h4,7-8,10H,3,5-6,9H2,1-2H3. The Balaban J connectivity index is 3.39. The molecule has 0 aromatic carbocycles.